The van der Waals surface area contributed by atoms with Gasteiger partial charge in [-0.05, 0) is 24.2 Å². The first-order valence-corrected chi connectivity index (χ1v) is 7.67. The van der Waals surface area contributed by atoms with Gasteiger partial charge in [0, 0.05) is 6.54 Å². The number of aromatic nitrogens is 2. The highest BCUT2D eigenvalue weighted by Gasteiger charge is 2.14. The lowest BCUT2D eigenvalue weighted by Gasteiger charge is -2.09. The molecule has 0 fully saturated rings. The van der Waals surface area contributed by atoms with Gasteiger partial charge >= 0.3 is 0 Å². The second kappa shape index (κ2) is 6.44. The number of hydrogen-bond acceptors (Lipinski definition) is 5. The molecule has 0 aliphatic carbocycles. The molecule has 1 aromatic carbocycles. The summed E-state index contributed by atoms with van der Waals surface area (Å²) in [6, 6.07) is 6.81. The Morgan fingerprint density at radius 3 is 2.65 bits per heavy atom. The molecule has 20 heavy (non-hydrogen) atoms. The SMILES string of the molecule is CCNCc1cccc(S(=O)(=O)Nc2cncnc2)c1. The molecule has 0 bridgehead atoms. The summed E-state index contributed by atoms with van der Waals surface area (Å²) in [6.07, 6.45) is 4.16. The van der Waals surface area contributed by atoms with E-state index in [0.717, 1.165) is 12.1 Å². The lowest BCUT2D eigenvalue weighted by Crippen LogP contribution is -2.15. The Morgan fingerprint density at radius 2 is 1.95 bits per heavy atom. The van der Waals surface area contributed by atoms with E-state index in [-0.39, 0.29) is 4.90 Å². The highest BCUT2D eigenvalue weighted by Crippen LogP contribution is 2.15. The minimum Gasteiger partial charge on any atom is -0.313 e. The van der Waals surface area contributed by atoms with Crippen LogP contribution in [-0.4, -0.2) is 24.9 Å². The van der Waals surface area contributed by atoms with Gasteiger partial charge in [-0.25, -0.2) is 18.4 Å². The van der Waals surface area contributed by atoms with Crippen LogP contribution in [0.2, 0.25) is 0 Å². The number of hydrogen-bond donors (Lipinski definition) is 2. The number of anilines is 1. The van der Waals surface area contributed by atoms with Crippen LogP contribution in [0.25, 0.3) is 0 Å². The molecule has 106 valence electrons. The molecule has 0 spiro atoms. The topological polar surface area (TPSA) is 84.0 Å². The highest BCUT2D eigenvalue weighted by atomic mass is 32.2. The van der Waals surface area contributed by atoms with Crippen LogP contribution in [0.5, 0.6) is 0 Å². The Hall–Kier alpha value is -1.99. The van der Waals surface area contributed by atoms with Gasteiger partial charge in [0.15, 0.2) is 0 Å². The first-order valence-electron chi connectivity index (χ1n) is 6.19. The van der Waals surface area contributed by atoms with E-state index in [1.165, 1.54) is 18.7 Å². The Balaban J connectivity index is 2.21. The molecule has 0 aliphatic rings. The Kier molecular flexibility index (Phi) is 4.65. The van der Waals surface area contributed by atoms with E-state index in [1.807, 2.05) is 13.0 Å². The van der Waals surface area contributed by atoms with Crippen molar-refractivity contribution in [2.24, 2.45) is 0 Å². The maximum absolute atomic E-state index is 12.2. The maximum Gasteiger partial charge on any atom is 0.262 e. The Bertz CT molecular complexity index is 659. The van der Waals surface area contributed by atoms with Gasteiger partial charge in [0.25, 0.3) is 10.0 Å². The second-order valence-electron chi connectivity index (χ2n) is 4.16. The predicted octanol–water partition coefficient (Wildman–Crippen LogP) is 1.39. The third-order valence-corrected chi connectivity index (χ3v) is 3.98. The number of benzene rings is 1. The van der Waals surface area contributed by atoms with Crippen molar-refractivity contribution >= 4 is 15.7 Å². The minimum atomic E-state index is -3.62. The summed E-state index contributed by atoms with van der Waals surface area (Å²) in [7, 11) is -3.62. The normalized spacial score (nSPS) is 11.2. The molecule has 0 amide bonds. The van der Waals surface area contributed by atoms with Crippen LogP contribution in [0.1, 0.15) is 12.5 Å². The molecule has 0 unspecified atom stereocenters. The molecule has 0 atom stereocenters. The molecule has 6 nitrogen and oxygen atoms in total. The summed E-state index contributed by atoms with van der Waals surface area (Å²) >= 11 is 0. The lowest BCUT2D eigenvalue weighted by atomic mass is 10.2. The zero-order valence-electron chi connectivity index (χ0n) is 11.1. The van der Waals surface area contributed by atoms with Crippen molar-refractivity contribution in [2.45, 2.75) is 18.4 Å². The predicted molar refractivity (Wildman–Crippen MR) is 76.7 cm³/mol. The summed E-state index contributed by atoms with van der Waals surface area (Å²) in [4.78, 5) is 7.76. The van der Waals surface area contributed by atoms with Gasteiger partial charge in [-0.1, -0.05) is 19.1 Å². The zero-order chi connectivity index (χ0) is 14.4. The van der Waals surface area contributed by atoms with Crippen molar-refractivity contribution < 1.29 is 8.42 Å². The van der Waals surface area contributed by atoms with Crippen molar-refractivity contribution in [1.29, 1.82) is 0 Å². The average molecular weight is 292 g/mol. The molecule has 1 aromatic heterocycles. The fourth-order valence-corrected chi connectivity index (χ4v) is 2.76. The van der Waals surface area contributed by atoms with E-state index in [1.54, 1.807) is 18.2 Å². The highest BCUT2D eigenvalue weighted by molar-refractivity contribution is 7.92. The maximum atomic E-state index is 12.2. The van der Waals surface area contributed by atoms with Crippen LogP contribution in [0, 0.1) is 0 Å². The van der Waals surface area contributed by atoms with Crippen LogP contribution >= 0.6 is 0 Å². The summed E-state index contributed by atoms with van der Waals surface area (Å²) in [5.74, 6) is 0. The summed E-state index contributed by atoms with van der Waals surface area (Å²) in [5, 5.41) is 3.16. The third kappa shape index (κ3) is 3.75. The summed E-state index contributed by atoms with van der Waals surface area (Å²) in [5.41, 5.74) is 1.25. The fraction of sp³-hybridized carbons (Fsp3) is 0.231. The van der Waals surface area contributed by atoms with Gasteiger partial charge in [0.1, 0.15) is 6.33 Å². The van der Waals surface area contributed by atoms with Crippen LogP contribution in [0.4, 0.5) is 5.69 Å². The van der Waals surface area contributed by atoms with E-state index in [9.17, 15) is 8.42 Å². The Labute approximate surface area is 118 Å². The van der Waals surface area contributed by atoms with E-state index in [2.05, 4.69) is 20.0 Å². The standard InChI is InChI=1S/C13H16N4O2S/c1-2-14-7-11-4-3-5-13(6-11)20(18,19)17-12-8-15-10-16-9-12/h3-6,8-10,14,17H,2,7H2,1H3. The molecule has 7 heteroatoms. The quantitative estimate of drug-likeness (QED) is 0.840. The molecule has 1 heterocycles. The van der Waals surface area contributed by atoms with Crippen LogP contribution in [0.15, 0.2) is 47.9 Å². The molecular formula is C13H16N4O2S. The smallest absolute Gasteiger partial charge is 0.262 e. The second-order valence-corrected chi connectivity index (χ2v) is 5.84. The monoisotopic (exact) mass is 292 g/mol. The fourth-order valence-electron chi connectivity index (χ4n) is 1.66. The van der Waals surface area contributed by atoms with Crippen molar-refractivity contribution in [3.05, 3.63) is 48.5 Å². The van der Waals surface area contributed by atoms with E-state index < -0.39 is 10.0 Å². The molecular weight excluding hydrogens is 276 g/mol. The zero-order valence-corrected chi connectivity index (χ0v) is 11.9. The third-order valence-electron chi connectivity index (χ3n) is 2.60. The number of nitrogens with one attached hydrogen (secondary N) is 2. The van der Waals surface area contributed by atoms with Crippen molar-refractivity contribution in [2.75, 3.05) is 11.3 Å². The minimum absolute atomic E-state index is 0.219. The molecule has 0 saturated heterocycles. The Morgan fingerprint density at radius 1 is 1.20 bits per heavy atom. The van der Waals surface area contributed by atoms with Gasteiger partial charge < -0.3 is 5.32 Å². The van der Waals surface area contributed by atoms with Crippen molar-refractivity contribution in [1.82, 2.24) is 15.3 Å². The summed E-state index contributed by atoms with van der Waals surface area (Å²) < 4.78 is 26.9. The number of rotatable bonds is 6. The van der Waals surface area contributed by atoms with E-state index in [4.69, 9.17) is 0 Å². The van der Waals surface area contributed by atoms with E-state index >= 15 is 0 Å². The van der Waals surface area contributed by atoms with Gasteiger partial charge in [-0.2, -0.15) is 0 Å². The largest absolute Gasteiger partial charge is 0.313 e. The van der Waals surface area contributed by atoms with Crippen LogP contribution in [0.3, 0.4) is 0 Å². The van der Waals surface area contributed by atoms with Gasteiger partial charge in [0.05, 0.1) is 23.0 Å². The van der Waals surface area contributed by atoms with Gasteiger partial charge in [-0.15, -0.1) is 0 Å². The molecule has 0 radical (unpaired) electrons. The molecule has 2 aromatic rings. The molecule has 0 saturated carbocycles. The van der Waals surface area contributed by atoms with Crippen LogP contribution in [-0.2, 0) is 16.6 Å². The molecule has 2 N–H and O–H groups in total. The van der Waals surface area contributed by atoms with Crippen LogP contribution < -0.4 is 10.0 Å². The van der Waals surface area contributed by atoms with Gasteiger partial charge in [0.2, 0.25) is 0 Å². The number of sulfonamides is 1. The van der Waals surface area contributed by atoms with Crippen molar-refractivity contribution in [3.8, 4) is 0 Å². The lowest BCUT2D eigenvalue weighted by molar-refractivity contribution is 0.601. The first kappa shape index (κ1) is 14.4. The molecule has 0 aliphatic heterocycles. The summed E-state index contributed by atoms with van der Waals surface area (Å²) in [6.45, 7) is 3.46. The average Bonchev–Trinajstić information content (AvgIpc) is 2.46. The van der Waals surface area contributed by atoms with Crippen molar-refractivity contribution in [3.63, 3.8) is 0 Å². The first-order chi connectivity index (χ1) is 9.62. The van der Waals surface area contributed by atoms with E-state index in [0.29, 0.717) is 12.2 Å². The molecule has 2 rings (SSSR count). The van der Waals surface area contributed by atoms with Gasteiger partial charge in [-0.3, -0.25) is 4.72 Å². The number of nitrogens with zero attached hydrogens (tertiary/aromatic N) is 2.